The fourth-order valence-corrected chi connectivity index (χ4v) is 2.50. The summed E-state index contributed by atoms with van der Waals surface area (Å²) < 4.78 is 5.63. The lowest BCUT2D eigenvalue weighted by atomic mass is 9.98. The van der Waals surface area contributed by atoms with Gasteiger partial charge in [-0.25, -0.2) is 4.79 Å². The highest BCUT2D eigenvalue weighted by molar-refractivity contribution is 9.10. The minimum Gasteiger partial charge on any atom is -0.465 e. The maximum absolute atomic E-state index is 11.4. The Bertz CT molecular complexity index is 444. The van der Waals surface area contributed by atoms with Crippen LogP contribution in [-0.2, 0) is 11.3 Å². The van der Waals surface area contributed by atoms with Crippen molar-refractivity contribution in [2.24, 2.45) is 0 Å². The topological polar surface area (TPSA) is 38.3 Å². The molecule has 0 aliphatic rings. The van der Waals surface area contributed by atoms with Gasteiger partial charge in [-0.15, -0.1) is 0 Å². The number of nitrogens with one attached hydrogen (secondary N) is 1. The standard InChI is InChI=1S/C15H22BrNO2/c1-5-8-15(2,3)17-10-12-7-6-11(9-13(12)16)14(18)19-4/h6-7,9,17H,5,8,10H2,1-4H3. The molecule has 1 aromatic carbocycles. The first-order chi connectivity index (χ1) is 8.89. The van der Waals surface area contributed by atoms with Gasteiger partial charge in [0.25, 0.3) is 0 Å². The van der Waals surface area contributed by atoms with Crippen molar-refractivity contribution in [2.45, 2.75) is 45.7 Å². The van der Waals surface area contributed by atoms with Crippen LogP contribution in [-0.4, -0.2) is 18.6 Å². The zero-order valence-corrected chi connectivity index (χ0v) is 13.6. The lowest BCUT2D eigenvalue weighted by molar-refractivity contribution is 0.0600. The van der Waals surface area contributed by atoms with Gasteiger partial charge in [-0.2, -0.15) is 0 Å². The Morgan fingerprint density at radius 3 is 2.63 bits per heavy atom. The molecule has 0 saturated heterocycles. The molecule has 0 unspecified atom stereocenters. The number of hydrogen-bond acceptors (Lipinski definition) is 3. The molecule has 0 aromatic heterocycles. The van der Waals surface area contributed by atoms with Gasteiger partial charge in [-0.1, -0.05) is 35.3 Å². The van der Waals surface area contributed by atoms with Gasteiger partial charge in [-0.3, -0.25) is 0 Å². The zero-order chi connectivity index (χ0) is 14.5. The summed E-state index contributed by atoms with van der Waals surface area (Å²) in [7, 11) is 1.39. The summed E-state index contributed by atoms with van der Waals surface area (Å²) in [6, 6.07) is 5.54. The third-order valence-corrected chi connectivity index (χ3v) is 3.84. The first-order valence-electron chi connectivity index (χ1n) is 6.51. The Hall–Kier alpha value is -0.870. The van der Waals surface area contributed by atoms with Gasteiger partial charge >= 0.3 is 5.97 Å². The maximum Gasteiger partial charge on any atom is 0.337 e. The number of rotatable bonds is 6. The highest BCUT2D eigenvalue weighted by Gasteiger charge is 2.16. The van der Waals surface area contributed by atoms with Gasteiger partial charge in [0, 0.05) is 16.6 Å². The molecule has 0 atom stereocenters. The van der Waals surface area contributed by atoms with Crippen molar-refractivity contribution in [3.63, 3.8) is 0 Å². The van der Waals surface area contributed by atoms with E-state index < -0.39 is 0 Å². The first kappa shape index (κ1) is 16.2. The van der Waals surface area contributed by atoms with E-state index in [1.54, 1.807) is 12.1 Å². The second kappa shape index (κ2) is 7.06. The van der Waals surface area contributed by atoms with Gasteiger partial charge in [-0.05, 0) is 38.0 Å². The Morgan fingerprint density at radius 2 is 2.11 bits per heavy atom. The summed E-state index contributed by atoms with van der Waals surface area (Å²) in [5, 5.41) is 3.53. The molecule has 19 heavy (non-hydrogen) atoms. The molecule has 0 radical (unpaired) electrons. The van der Waals surface area contributed by atoms with E-state index in [0.717, 1.165) is 29.4 Å². The molecule has 0 fully saturated rings. The molecule has 1 N–H and O–H groups in total. The molecule has 0 heterocycles. The molecule has 106 valence electrons. The van der Waals surface area contributed by atoms with Gasteiger partial charge in [0.1, 0.15) is 0 Å². The number of methoxy groups -OCH3 is 1. The van der Waals surface area contributed by atoms with Gasteiger partial charge in [0.05, 0.1) is 12.7 Å². The van der Waals surface area contributed by atoms with Crippen LogP contribution in [0.25, 0.3) is 0 Å². The third kappa shape index (κ3) is 4.96. The van der Waals surface area contributed by atoms with Crippen LogP contribution in [0.2, 0.25) is 0 Å². The van der Waals surface area contributed by atoms with E-state index in [2.05, 4.69) is 42.0 Å². The summed E-state index contributed by atoms with van der Waals surface area (Å²) in [6.45, 7) is 7.36. The average Bonchev–Trinajstić information content (AvgIpc) is 2.36. The van der Waals surface area contributed by atoms with Crippen molar-refractivity contribution < 1.29 is 9.53 Å². The van der Waals surface area contributed by atoms with Gasteiger partial charge < -0.3 is 10.1 Å². The minimum atomic E-state index is -0.313. The van der Waals surface area contributed by atoms with Crippen molar-refractivity contribution in [1.82, 2.24) is 5.32 Å². The number of ether oxygens (including phenoxy) is 1. The van der Waals surface area contributed by atoms with E-state index in [0.29, 0.717) is 5.56 Å². The second-order valence-corrected chi connectivity index (χ2v) is 6.14. The van der Waals surface area contributed by atoms with E-state index in [1.165, 1.54) is 7.11 Å². The fourth-order valence-electron chi connectivity index (χ4n) is 1.98. The number of carbonyl (C=O) groups is 1. The van der Waals surface area contributed by atoms with E-state index in [9.17, 15) is 4.79 Å². The van der Waals surface area contributed by atoms with Crippen molar-refractivity contribution >= 4 is 21.9 Å². The highest BCUT2D eigenvalue weighted by atomic mass is 79.9. The summed E-state index contributed by atoms with van der Waals surface area (Å²) in [4.78, 5) is 11.4. The van der Waals surface area contributed by atoms with Crippen LogP contribution in [0.15, 0.2) is 22.7 Å². The summed E-state index contributed by atoms with van der Waals surface area (Å²) in [5.41, 5.74) is 1.82. The normalized spacial score (nSPS) is 11.4. The van der Waals surface area contributed by atoms with Crippen molar-refractivity contribution in [3.8, 4) is 0 Å². The van der Waals surface area contributed by atoms with E-state index in [-0.39, 0.29) is 11.5 Å². The summed E-state index contributed by atoms with van der Waals surface area (Å²) in [6.07, 6.45) is 2.29. The number of halogens is 1. The summed E-state index contributed by atoms with van der Waals surface area (Å²) in [5.74, 6) is -0.313. The third-order valence-electron chi connectivity index (χ3n) is 3.11. The number of benzene rings is 1. The van der Waals surface area contributed by atoms with E-state index >= 15 is 0 Å². The van der Waals surface area contributed by atoms with Crippen LogP contribution >= 0.6 is 15.9 Å². The Labute approximate surface area is 123 Å². The van der Waals surface area contributed by atoms with Crippen molar-refractivity contribution in [3.05, 3.63) is 33.8 Å². The monoisotopic (exact) mass is 327 g/mol. The number of esters is 1. The first-order valence-corrected chi connectivity index (χ1v) is 7.30. The average molecular weight is 328 g/mol. The zero-order valence-electron chi connectivity index (χ0n) is 12.0. The van der Waals surface area contributed by atoms with Crippen molar-refractivity contribution in [2.75, 3.05) is 7.11 Å². The van der Waals surface area contributed by atoms with Crippen LogP contribution in [0.5, 0.6) is 0 Å². The molecule has 4 heteroatoms. The lowest BCUT2D eigenvalue weighted by Crippen LogP contribution is -2.38. The van der Waals surface area contributed by atoms with E-state index in [4.69, 9.17) is 4.74 Å². The van der Waals surface area contributed by atoms with E-state index in [1.807, 2.05) is 6.07 Å². The molecule has 1 rings (SSSR count). The van der Waals surface area contributed by atoms with Gasteiger partial charge in [0.2, 0.25) is 0 Å². The molecule has 0 saturated carbocycles. The fraction of sp³-hybridized carbons (Fsp3) is 0.533. The molecule has 0 aliphatic carbocycles. The highest BCUT2D eigenvalue weighted by Crippen LogP contribution is 2.20. The molecule has 3 nitrogen and oxygen atoms in total. The molecule has 0 amide bonds. The maximum atomic E-state index is 11.4. The molecule has 1 aromatic rings. The van der Waals surface area contributed by atoms with Crippen LogP contribution in [0.3, 0.4) is 0 Å². The molecular formula is C15H22BrNO2. The Kier molecular flexibility index (Phi) is 6.01. The summed E-state index contributed by atoms with van der Waals surface area (Å²) >= 11 is 3.50. The van der Waals surface area contributed by atoms with Crippen molar-refractivity contribution in [1.29, 1.82) is 0 Å². The lowest BCUT2D eigenvalue weighted by Gasteiger charge is -2.26. The Morgan fingerprint density at radius 1 is 1.42 bits per heavy atom. The molecule has 0 spiro atoms. The predicted molar refractivity (Wildman–Crippen MR) is 81.3 cm³/mol. The smallest absolute Gasteiger partial charge is 0.337 e. The minimum absolute atomic E-state index is 0.120. The van der Waals surface area contributed by atoms with Crippen LogP contribution < -0.4 is 5.32 Å². The number of hydrogen-bond donors (Lipinski definition) is 1. The second-order valence-electron chi connectivity index (χ2n) is 5.29. The predicted octanol–water partition coefficient (Wildman–Crippen LogP) is 3.90. The SMILES string of the molecule is CCCC(C)(C)NCc1ccc(C(=O)OC)cc1Br. The largest absolute Gasteiger partial charge is 0.465 e. The van der Waals surface area contributed by atoms with Crippen LogP contribution in [0, 0.1) is 0 Å². The van der Waals surface area contributed by atoms with Crippen LogP contribution in [0.4, 0.5) is 0 Å². The van der Waals surface area contributed by atoms with Crippen LogP contribution in [0.1, 0.15) is 49.5 Å². The number of carbonyl (C=O) groups excluding carboxylic acids is 1. The quantitative estimate of drug-likeness (QED) is 0.805. The molecule has 0 aliphatic heterocycles. The van der Waals surface area contributed by atoms with Gasteiger partial charge in [0.15, 0.2) is 0 Å². The molecular weight excluding hydrogens is 306 g/mol. The Balaban J connectivity index is 2.73. The molecule has 0 bridgehead atoms.